The van der Waals surface area contributed by atoms with Crippen LogP contribution in [0, 0.1) is 0 Å². The molecule has 6 nitrogen and oxygen atoms in total. The van der Waals surface area contributed by atoms with Crippen LogP contribution < -0.4 is 9.46 Å². The Morgan fingerprint density at radius 2 is 2.29 bits per heavy atom. The summed E-state index contributed by atoms with van der Waals surface area (Å²) < 4.78 is 33.9. The molecule has 0 saturated carbocycles. The van der Waals surface area contributed by atoms with Crippen LogP contribution in [0.4, 0.5) is 0 Å². The second-order valence-corrected chi connectivity index (χ2v) is 6.81. The van der Waals surface area contributed by atoms with E-state index in [0.29, 0.717) is 0 Å². The summed E-state index contributed by atoms with van der Waals surface area (Å²) in [6.45, 7) is 0.991. The van der Waals surface area contributed by atoms with Gasteiger partial charge < -0.3 is 9.30 Å². The number of hydrogen-bond acceptors (Lipinski definition) is 4. The molecular weight excluding hydrogens is 290 g/mol. The van der Waals surface area contributed by atoms with Crippen molar-refractivity contribution in [3.05, 3.63) is 41.9 Å². The Balaban J connectivity index is 1.73. The quantitative estimate of drug-likeness (QED) is 0.922. The molecule has 7 heteroatoms. The van der Waals surface area contributed by atoms with Gasteiger partial charge in [-0.2, -0.15) is 0 Å². The van der Waals surface area contributed by atoms with Gasteiger partial charge in [-0.3, -0.25) is 0 Å². The minimum atomic E-state index is -3.57. The van der Waals surface area contributed by atoms with Gasteiger partial charge in [-0.15, -0.1) is 0 Å². The first kappa shape index (κ1) is 14.1. The van der Waals surface area contributed by atoms with Crippen LogP contribution in [0.5, 0.6) is 5.75 Å². The van der Waals surface area contributed by atoms with E-state index in [1.807, 2.05) is 18.2 Å². The number of ether oxygens (including phenoxy) is 1. The number of nitrogens with one attached hydrogen (secondary N) is 1. The molecule has 0 fully saturated rings. The Kier molecular flexibility index (Phi) is 3.69. The Morgan fingerprint density at radius 3 is 3.05 bits per heavy atom. The summed E-state index contributed by atoms with van der Waals surface area (Å²) in [5, 5.41) is 0.0336. The Labute approximate surface area is 123 Å². The first-order valence-electron chi connectivity index (χ1n) is 6.77. The maximum absolute atomic E-state index is 12.1. The summed E-state index contributed by atoms with van der Waals surface area (Å²) in [4.78, 5) is 3.86. The molecule has 1 N–H and O–H groups in total. The summed E-state index contributed by atoms with van der Waals surface area (Å²) in [6, 6.07) is 5.78. The highest BCUT2D eigenvalue weighted by Crippen LogP contribution is 2.25. The smallest absolute Gasteiger partial charge is 0.259 e. The summed E-state index contributed by atoms with van der Waals surface area (Å²) >= 11 is 0. The molecule has 21 heavy (non-hydrogen) atoms. The van der Waals surface area contributed by atoms with E-state index in [1.165, 1.54) is 12.5 Å². The van der Waals surface area contributed by atoms with E-state index >= 15 is 0 Å². The highest BCUT2D eigenvalue weighted by Gasteiger charge is 2.17. The minimum absolute atomic E-state index is 0.0336. The molecule has 1 aliphatic heterocycles. The van der Waals surface area contributed by atoms with Gasteiger partial charge >= 0.3 is 0 Å². The molecule has 1 aliphatic rings. The van der Waals surface area contributed by atoms with Gasteiger partial charge in [0, 0.05) is 19.8 Å². The molecule has 0 saturated heterocycles. The molecule has 0 radical (unpaired) electrons. The lowest BCUT2D eigenvalue weighted by Crippen LogP contribution is -2.23. The van der Waals surface area contributed by atoms with Gasteiger partial charge in [0.2, 0.25) is 0 Å². The molecule has 2 heterocycles. The highest BCUT2D eigenvalue weighted by atomic mass is 32.2. The van der Waals surface area contributed by atoms with Crippen LogP contribution in [-0.4, -0.2) is 24.6 Å². The number of imidazole rings is 1. The third kappa shape index (κ3) is 3.08. The monoisotopic (exact) mass is 307 g/mol. The zero-order chi connectivity index (χ0) is 14.9. The fourth-order valence-corrected chi connectivity index (χ4v) is 3.30. The largest absolute Gasteiger partial charge is 0.493 e. The van der Waals surface area contributed by atoms with Crippen molar-refractivity contribution in [2.45, 2.75) is 24.4 Å². The average Bonchev–Trinajstić information content (AvgIpc) is 2.92. The highest BCUT2D eigenvalue weighted by molar-refractivity contribution is 7.89. The zero-order valence-electron chi connectivity index (χ0n) is 11.7. The Morgan fingerprint density at radius 1 is 1.43 bits per heavy atom. The van der Waals surface area contributed by atoms with E-state index in [1.54, 1.807) is 11.6 Å². The van der Waals surface area contributed by atoms with Crippen molar-refractivity contribution in [1.82, 2.24) is 14.3 Å². The van der Waals surface area contributed by atoms with Crippen LogP contribution in [0.25, 0.3) is 0 Å². The Hall–Kier alpha value is -1.86. The lowest BCUT2D eigenvalue weighted by Gasteiger charge is -2.17. The number of rotatable bonds is 4. The van der Waals surface area contributed by atoms with Crippen molar-refractivity contribution < 1.29 is 13.2 Å². The van der Waals surface area contributed by atoms with Crippen LogP contribution >= 0.6 is 0 Å². The molecule has 0 amide bonds. The standard InChI is InChI=1S/C14H17N3O3S/c1-17-9-14(15-10-17)21(18,19)16-8-11-4-5-13-12(7-11)3-2-6-20-13/h4-5,7,9-10,16H,2-3,6,8H2,1H3. The van der Waals surface area contributed by atoms with Crippen molar-refractivity contribution in [2.24, 2.45) is 7.05 Å². The van der Waals surface area contributed by atoms with Crippen LogP contribution in [-0.2, 0) is 30.0 Å². The predicted octanol–water partition coefficient (Wildman–Crippen LogP) is 1.22. The maximum Gasteiger partial charge on any atom is 0.259 e. The van der Waals surface area contributed by atoms with E-state index in [4.69, 9.17) is 4.74 Å². The Bertz CT molecular complexity index is 753. The van der Waals surface area contributed by atoms with E-state index in [0.717, 1.165) is 36.3 Å². The molecule has 2 aromatic rings. The van der Waals surface area contributed by atoms with Crippen LogP contribution in [0.2, 0.25) is 0 Å². The van der Waals surface area contributed by atoms with Gasteiger partial charge in [-0.25, -0.2) is 18.1 Å². The molecule has 3 rings (SSSR count). The van der Waals surface area contributed by atoms with E-state index in [-0.39, 0.29) is 11.6 Å². The summed E-state index contributed by atoms with van der Waals surface area (Å²) in [6.07, 6.45) is 4.90. The van der Waals surface area contributed by atoms with Gasteiger partial charge in [0.1, 0.15) is 5.75 Å². The minimum Gasteiger partial charge on any atom is -0.493 e. The van der Waals surface area contributed by atoms with Crippen molar-refractivity contribution in [2.75, 3.05) is 6.61 Å². The van der Waals surface area contributed by atoms with Gasteiger partial charge in [0.05, 0.1) is 12.9 Å². The molecule has 0 aliphatic carbocycles. The van der Waals surface area contributed by atoms with Gasteiger partial charge in [-0.05, 0) is 30.0 Å². The average molecular weight is 307 g/mol. The number of aromatic nitrogens is 2. The SMILES string of the molecule is Cn1cnc(S(=O)(=O)NCc2ccc3c(c2)CCCO3)c1. The fraction of sp³-hybridized carbons (Fsp3) is 0.357. The van der Waals surface area contributed by atoms with Gasteiger partial charge in [0.25, 0.3) is 10.0 Å². The zero-order valence-corrected chi connectivity index (χ0v) is 12.6. The number of hydrogen-bond donors (Lipinski definition) is 1. The lowest BCUT2D eigenvalue weighted by atomic mass is 10.0. The second kappa shape index (κ2) is 5.50. The van der Waals surface area contributed by atoms with Crippen molar-refractivity contribution in [3.8, 4) is 5.75 Å². The number of aryl methyl sites for hydroxylation is 2. The molecule has 0 bridgehead atoms. The summed E-state index contributed by atoms with van der Waals surface area (Å²) in [7, 11) is -1.84. The molecule has 1 aromatic heterocycles. The topological polar surface area (TPSA) is 73.2 Å². The van der Waals surface area contributed by atoms with Crippen molar-refractivity contribution >= 4 is 10.0 Å². The van der Waals surface area contributed by atoms with Crippen molar-refractivity contribution in [3.63, 3.8) is 0 Å². The predicted molar refractivity (Wildman–Crippen MR) is 77.5 cm³/mol. The number of fused-ring (bicyclic) bond motifs is 1. The van der Waals surface area contributed by atoms with Crippen LogP contribution in [0.3, 0.4) is 0 Å². The summed E-state index contributed by atoms with van der Waals surface area (Å²) in [5.74, 6) is 0.901. The molecule has 0 spiro atoms. The molecule has 112 valence electrons. The fourth-order valence-electron chi connectivity index (χ4n) is 2.30. The van der Waals surface area contributed by atoms with Crippen LogP contribution in [0.15, 0.2) is 35.7 Å². The van der Waals surface area contributed by atoms with E-state index in [2.05, 4.69) is 9.71 Å². The van der Waals surface area contributed by atoms with Gasteiger partial charge in [0.15, 0.2) is 5.03 Å². The third-order valence-electron chi connectivity index (χ3n) is 3.40. The van der Waals surface area contributed by atoms with Crippen molar-refractivity contribution in [1.29, 1.82) is 0 Å². The number of benzene rings is 1. The second-order valence-electron chi connectivity index (χ2n) is 5.10. The number of nitrogens with zero attached hydrogens (tertiary/aromatic N) is 2. The third-order valence-corrected chi connectivity index (χ3v) is 4.68. The van der Waals surface area contributed by atoms with Crippen LogP contribution in [0.1, 0.15) is 17.5 Å². The molecule has 1 aromatic carbocycles. The van der Waals surface area contributed by atoms with Gasteiger partial charge in [-0.1, -0.05) is 12.1 Å². The first-order valence-corrected chi connectivity index (χ1v) is 8.25. The first-order chi connectivity index (χ1) is 10.0. The normalized spacial score (nSPS) is 14.5. The maximum atomic E-state index is 12.1. The van der Waals surface area contributed by atoms with E-state index < -0.39 is 10.0 Å². The molecular formula is C14H17N3O3S. The number of sulfonamides is 1. The summed E-state index contributed by atoms with van der Waals surface area (Å²) in [5.41, 5.74) is 2.05. The van der Waals surface area contributed by atoms with E-state index in [9.17, 15) is 8.42 Å². The lowest BCUT2D eigenvalue weighted by molar-refractivity contribution is 0.288. The molecule has 0 unspecified atom stereocenters. The molecule has 0 atom stereocenters.